The van der Waals surface area contributed by atoms with Crippen molar-refractivity contribution in [1.29, 1.82) is 0 Å². The van der Waals surface area contributed by atoms with Gasteiger partial charge < -0.3 is 0 Å². The van der Waals surface area contributed by atoms with Gasteiger partial charge in [0.15, 0.2) is 0 Å². The van der Waals surface area contributed by atoms with Crippen LogP contribution in [0.2, 0.25) is 15.1 Å². The van der Waals surface area contributed by atoms with Crippen LogP contribution in [0.3, 0.4) is 0 Å². The van der Waals surface area contributed by atoms with Gasteiger partial charge in [0.05, 0.1) is 26.8 Å². The third-order valence-electron chi connectivity index (χ3n) is 2.79. The Hall–Kier alpha value is -0.910. The average molecular weight is 335 g/mol. The van der Waals surface area contributed by atoms with Crippen LogP contribution in [-0.4, -0.2) is 4.98 Å². The van der Waals surface area contributed by atoms with E-state index in [2.05, 4.69) is 10.4 Å². The molecule has 0 spiro atoms. The van der Waals surface area contributed by atoms with E-state index < -0.39 is 5.82 Å². The van der Waals surface area contributed by atoms with Crippen molar-refractivity contribution in [2.24, 2.45) is 5.84 Å². The van der Waals surface area contributed by atoms with Crippen LogP contribution in [0.1, 0.15) is 17.3 Å². The third-order valence-corrected chi connectivity index (χ3v) is 3.59. The monoisotopic (exact) mass is 333 g/mol. The highest BCUT2D eigenvalue weighted by Gasteiger charge is 2.16. The van der Waals surface area contributed by atoms with Gasteiger partial charge in [0, 0.05) is 6.20 Å². The van der Waals surface area contributed by atoms with Crippen LogP contribution in [0.25, 0.3) is 0 Å². The van der Waals surface area contributed by atoms with Gasteiger partial charge in [-0.25, -0.2) is 4.39 Å². The van der Waals surface area contributed by atoms with Crippen molar-refractivity contribution < 1.29 is 4.39 Å². The van der Waals surface area contributed by atoms with Gasteiger partial charge in [-0.1, -0.05) is 40.9 Å². The number of benzene rings is 1. The molecule has 0 radical (unpaired) electrons. The Bertz CT molecular complexity index is 622. The van der Waals surface area contributed by atoms with Crippen LogP contribution in [-0.2, 0) is 6.42 Å². The topological polar surface area (TPSA) is 50.9 Å². The number of pyridine rings is 1. The van der Waals surface area contributed by atoms with Crippen molar-refractivity contribution >= 4 is 34.8 Å². The summed E-state index contributed by atoms with van der Waals surface area (Å²) in [6.45, 7) is 0. The molecule has 0 saturated carbocycles. The second kappa shape index (κ2) is 6.70. The first-order chi connectivity index (χ1) is 9.51. The molecule has 1 aromatic heterocycles. The highest BCUT2D eigenvalue weighted by atomic mass is 35.5. The molecule has 0 bridgehead atoms. The Labute approximate surface area is 130 Å². The zero-order valence-electron chi connectivity index (χ0n) is 10.2. The number of aromatic nitrogens is 1. The van der Waals surface area contributed by atoms with E-state index in [0.717, 1.165) is 5.56 Å². The minimum absolute atomic E-state index is 0.0634. The van der Waals surface area contributed by atoms with Gasteiger partial charge in [0.1, 0.15) is 5.82 Å². The largest absolute Gasteiger partial charge is 0.271 e. The molecular formula is C13H11Cl3FN3. The first-order valence-corrected chi connectivity index (χ1v) is 6.85. The molecule has 0 saturated heterocycles. The average Bonchev–Trinajstić information content (AvgIpc) is 2.41. The normalized spacial score (nSPS) is 12.4. The van der Waals surface area contributed by atoms with Gasteiger partial charge in [-0.05, 0) is 30.2 Å². The van der Waals surface area contributed by atoms with E-state index in [-0.39, 0.29) is 11.1 Å². The fraction of sp³-hybridized carbons (Fsp3) is 0.154. The molecule has 0 fully saturated rings. The third kappa shape index (κ3) is 3.59. The molecule has 0 aliphatic heterocycles. The summed E-state index contributed by atoms with van der Waals surface area (Å²) in [5, 5.41) is 0.918. The van der Waals surface area contributed by atoms with E-state index in [1.807, 2.05) is 0 Å². The number of nitrogens with two attached hydrogens (primary N) is 1. The van der Waals surface area contributed by atoms with Crippen molar-refractivity contribution in [3.05, 3.63) is 62.6 Å². The number of nitrogens with zero attached hydrogens (tertiary/aromatic N) is 1. The number of halogens is 4. The highest BCUT2D eigenvalue weighted by Crippen LogP contribution is 2.27. The first-order valence-electron chi connectivity index (χ1n) is 5.72. The lowest BCUT2D eigenvalue weighted by Crippen LogP contribution is -2.30. The molecule has 2 rings (SSSR count). The molecular weight excluding hydrogens is 324 g/mol. The molecule has 0 amide bonds. The number of nitrogens with one attached hydrogen (secondary N) is 1. The Balaban J connectivity index is 2.26. The lowest BCUT2D eigenvalue weighted by atomic mass is 10.0. The van der Waals surface area contributed by atoms with Gasteiger partial charge in [-0.2, -0.15) is 0 Å². The van der Waals surface area contributed by atoms with Crippen molar-refractivity contribution in [2.45, 2.75) is 12.5 Å². The molecule has 1 aromatic carbocycles. The minimum Gasteiger partial charge on any atom is -0.271 e. The summed E-state index contributed by atoms with van der Waals surface area (Å²) in [5.74, 6) is 5.08. The number of rotatable bonds is 4. The van der Waals surface area contributed by atoms with Crippen LogP contribution in [0.15, 0.2) is 30.5 Å². The lowest BCUT2D eigenvalue weighted by molar-refractivity contribution is 0.537. The Morgan fingerprint density at radius 3 is 2.55 bits per heavy atom. The zero-order valence-corrected chi connectivity index (χ0v) is 12.5. The summed E-state index contributed by atoms with van der Waals surface area (Å²) >= 11 is 17.7. The van der Waals surface area contributed by atoms with E-state index in [1.165, 1.54) is 12.3 Å². The van der Waals surface area contributed by atoms with Crippen molar-refractivity contribution in [1.82, 2.24) is 10.4 Å². The summed E-state index contributed by atoms with van der Waals surface area (Å²) in [4.78, 5) is 4.17. The van der Waals surface area contributed by atoms with Crippen molar-refractivity contribution in [3.8, 4) is 0 Å². The Kier molecular flexibility index (Phi) is 5.18. The minimum atomic E-state index is -0.463. The summed E-state index contributed by atoms with van der Waals surface area (Å²) in [7, 11) is 0. The van der Waals surface area contributed by atoms with Gasteiger partial charge in [0.2, 0.25) is 0 Å². The number of hydrogen-bond donors (Lipinski definition) is 2. The molecule has 106 valence electrons. The van der Waals surface area contributed by atoms with E-state index in [4.69, 9.17) is 40.6 Å². The second-order valence-corrected chi connectivity index (χ2v) is 5.44. The van der Waals surface area contributed by atoms with Crippen LogP contribution in [0.5, 0.6) is 0 Å². The molecule has 1 heterocycles. The quantitative estimate of drug-likeness (QED) is 0.658. The maximum atomic E-state index is 13.1. The van der Waals surface area contributed by atoms with E-state index in [0.29, 0.717) is 22.2 Å². The SMILES string of the molecule is NNC(Cc1ccc(F)c(Cl)c1)c1ncc(Cl)cc1Cl. The molecule has 7 heteroatoms. The van der Waals surface area contributed by atoms with Crippen LogP contribution in [0, 0.1) is 5.82 Å². The fourth-order valence-corrected chi connectivity index (χ4v) is 2.53. The maximum Gasteiger partial charge on any atom is 0.141 e. The van der Waals surface area contributed by atoms with E-state index in [1.54, 1.807) is 18.2 Å². The van der Waals surface area contributed by atoms with Crippen LogP contribution in [0.4, 0.5) is 4.39 Å². The zero-order chi connectivity index (χ0) is 14.7. The first kappa shape index (κ1) is 15.5. The van der Waals surface area contributed by atoms with Crippen molar-refractivity contribution in [3.63, 3.8) is 0 Å². The predicted molar refractivity (Wildman–Crippen MR) is 79.4 cm³/mol. The van der Waals surface area contributed by atoms with Crippen LogP contribution >= 0.6 is 34.8 Å². The number of hydrazine groups is 1. The molecule has 0 aliphatic rings. The summed E-state index contributed by atoms with van der Waals surface area (Å²) < 4.78 is 13.1. The Morgan fingerprint density at radius 1 is 1.20 bits per heavy atom. The molecule has 20 heavy (non-hydrogen) atoms. The molecule has 1 atom stereocenters. The summed E-state index contributed by atoms with van der Waals surface area (Å²) in [6.07, 6.45) is 1.95. The maximum absolute atomic E-state index is 13.1. The van der Waals surface area contributed by atoms with Gasteiger partial charge in [0.25, 0.3) is 0 Å². The van der Waals surface area contributed by atoms with Gasteiger partial charge in [-0.3, -0.25) is 16.3 Å². The van der Waals surface area contributed by atoms with Gasteiger partial charge >= 0.3 is 0 Å². The lowest BCUT2D eigenvalue weighted by Gasteiger charge is -2.17. The smallest absolute Gasteiger partial charge is 0.141 e. The van der Waals surface area contributed by atoms with E-state index >= 15 is 0 Å². The standard InChI is InChI=1S/C13H11Cl3FN3/c14-8-5-10(16)13(19-6-8)12(20-18)4-7-1-2-11(17)9(15)3-7/h1-3,5-6,12,20H,4,18H2. The Morgan fingerprint density at radius 2 is 1.95 bits per heavy atom. The predicted octanol–water partition coefficient (Wildman–Crippen LogP) is 3.93. The second-order valence-electron chi connectivity index (χ2n) is 4.19. The van der Waals surface area contributed by atoms with Crippen LogP contribution < -0.4 is 11.3 Å². The fourth-order valence-electron chi connectivity index (χ4n) is 1.82. The molecule has 3 nitrogen and oxygen atoms in total. The molecule has 3 N–H and O–H groups in total. The van der Waals surface area contributed by atoms with E-state index in [9.17, 15) is 4.39 Å². The van der Waals surface area contributed by atoms with Crippen molar-refractivity contribution in [2.75, 3.05) is 0 Å². The molecule has 0 aliphatic carbocycles. The summed E-state index contributed by atoms with van der Waals surface area (Å²) in [6, 6.07) is 5.75. The summed E-state index contributed by atoms with van der Waals surface area (Å²) in [5.41, 5.74) is 4.02. The number of hydrogen-bond acceptors (Lipinski definition) is 3. The molecule has 1 unspecified atom stereocenters. The van der Waals surface area contributed by atoms with Gasteiger partial charge in [-0.15, -0.1) is 0 Å². The molecule has 2 aromatic rings. The highest BCUT2D eigenvalue weighted by molar-refractivity contribution is 6.34.